The maximum atomic E-state index is 12.7. The van der Waals surface area contributed by atoms with Gasteiger partial charge in [0, 0.05) is 39.0 Å². The minimum Gasteiger partial charge on any atom is -0.325 e. The van der Waals surface area contributed by atoms with Crippen LogP contribution in [0.5, 0.6) is 0 Å². The van der Waals surface area contributed by atoms with E-state index in [1.807, 2.05) is 30.3 Å². The molecular weight excluding hydrogens is 342 g/mol. The lowest BCUT2D eigenvalue weighted by Gasteiger charge is -2.48. The van der Waals surface area contributed by atoms with E-state index in [2.05, 4.69) is 14.9 Å². The molecule has 2 aromatic heterocycles. The fourth-order valence-corrected chi connectivity index (χ4v) is 4.20. The molecule has 140 valence electrons. The van der Waals surface area contributed by atoms with Gasteiger partial charge in [-0.1, -0.05) is 6.07 Å². The highest BCUT2D eigenvalue weighted by Gasteiger charge is 2.50. The first-order valence-corrected chi connectivity index (χ1v) is 9.18. The fraction of sp³-hybridized carbons (Fsp3) is 0.400. The number of carbonyl (C=O) groups is 2. The Bertz CT molecular complexity index is 829. The molecule has 0 radical (unpaired) electrons. The number of anilines is 1. The lowest BCUT2D eigenvalue weighted by molar-refractivity contribution is -0.142. The monoisotopic (exact) mass is 365 g/mol. The van der Waals surface area contributed by atoms with Crippen LogP contribution in [-0.2, 0) is 16.1 Å². The molecule has 0 saturated carbocycles. The van der Waals surface area contributed by atoms with Crippen molar-refractivity contribution >= 4 is 17.5 Å². The van der Waals surface area contributed by atoms with E-state index in [0.29, 0.717) is 6.54 Å². The van der Waals surface area contributed by atoms with Gasteiger partial charge in [-0.2, -0.15) is 0 Å². The number of hydrogen-bond acceptors (Lipinski definition) is 5. The molecule has 1 unspecified atom stereocenters. The first-order valence-electron chi connectivity index (χ1n) is 9.18. The summed E-state index contributed by atoms with van der Waals surface area (Å²) in [6.45, 7) is 4.51. The smallest absolute Gasteiger partial charge is 0.246 e. The van der Waals surface area contributed by atoms with Gasteiger partial charge in [0.25, 0.3) is 0 Å². The number of carbonyl (C=O) groups excluding carboxylic acids is 2. The predicted octanol–water partition coefficient (Wildman–Crippen LogP) is 1.32. The molecule has 0 N–H and O–H groups in total. The minimum absolute atomic E-state index is 0.0473. The SMILES string of the molecule is CC(=O)N1CC(=O)N(c2cccnc2)CC12CCN(Cc1ccccn1)C2. The number of rotatable bonds is 3. The topological polar surface area (TPSA) is 69.6 Å². The summed E-state index contributed by atoms with van der Waals surface area (Å²) in [6.07, 6.45) is 6.03. The molecule has 2 aliphatic heterocycles. The summed E-state index contributed by atoms with van der Waals surface area (Å²) in [6, 6.07) is 9.63. The molecule has 0 aliphatic carbocycles. The number of hydrogen-bond donors (Lipinski definition) is 0. The van der Waals surface area contributed by atoms with Gasteiger partial charge in [0.15, 0.2) is 0 Å². The summed E-state index contributed by atoms with van der Waals surface area (Å²) in [5.41, 5.74) is 1.43. The molecule has 27 heavy (non-hydrogen) atoms. The number of amides is 2. The van der Waals surface area contributed by atoms with Crippen LogP contribution in [0.25, 0.3) is 0 Å². The van der Waals surface area contributed by atoms with Crippen molar-refractivity contribution in [2.45, 2.75) is 25.4 Å². The minimum atomic E-state index is -0.371. The predicted molar refractivity (Wildman–Crippen MR) is 101 cm³/mol. The van der Waals surface area contributed by atoms with Gasteiger partial charge < -0.3 is 9.80 Å². The summed E-state index contributed by atoms with van der Waals surface area (Å²) in [5, 5.41) is 0. The maximum absolute atomic E-state index is 12.7. The number of nitrogens with zero attached hydrogens (tertiary/aromatic N) is 5. The van der Waals surface area contributed by atoms with Crippen LogP contribution in [0.3, 0.4) is 0 Å². The van der Waals surface area contributed by atoms with Gasteiger partial charge in [-0.3, -0.25) is 24.5 Å². The lowest BCUT2D eigenvalue weighted by atomic mass is 9.92. The summed E-state index contributed by atoms with van der Waals surface area (Å²) in [5.74, 6) is -0.110. The molecule has 7 heteroatoms. The van der Waals surface area contributed by atoms with Crippen molar-refractivity contribution in [2.75, 3.05) is 31.1 Å². The number of likely N-dealkylation sites (tertiary alicyclic amines) is 1. The molecular formula is C20H23N5O2. The molecule has 0 aromatic carbocycles. The van der Waals surface area contributed by atoms with Gasteiger partial charge in [-0.05, 0) is 30.7 Å². The molecule has 1 atom stereocenters. The zero-order valence-corrected chi connectivity index (χ0v) is 15.4. The van der Waals surface area contributed by atoms with Crippen LogP contribution in [-0.4, -0.2) is 63.3 Å². The molecule has 2 amide bonds. The van der Waals surface area contributed by atoms with Crippen molar-refractivity contribution < 1.29 is 9.59 Å². The molecule has 2 fully saturated rings. The van der Waals surface area contributed by atoms with Crippen molar-refractivity contribution in [2.24, 2.45) is 0 Å². The summed E-state index contributed by atoms with van der Waals surface area (Å²) >= 11 is 0. The van der Waals surface area contributed by atoms with Crippen LogP contribution in [0.1, 0.15) is 19.0 Å². The third kappa shape index (κ3) is 3.42. The van der Waals surface area contributed by atoms with Gasteiger partial charge in [0.1, 0.15) is 6.54 Å². The van der Waals surface area contributed by atoms with Crippen LogP contribution >= 0.6 is 0 Å². The normalized spacial score (nSPS) is 23.2. The highest BCUT2D eigenvalue weighted by Crippen LogP contribution is 2.34. The van der Waals surface area contributed by atoms with Crippen LogP contribution < -0.4 is 4.90 Å². The third-order valence-electron chi connectivity index (χ3n) is 5.48. The van der Waals surface area contributed by atoms with Gasteiger partial charge in [0.2, 0.25) is 11.8 Å². The number of aromatic nitrogens is 2. The fourth-order valence-electron chi connectivity index (χ4n) is 4.20. The Balaban J connectivity index is 1.58. The number of pyridine rings is 2. The Morgan fingerprint density at radius 2 is 2.07 bits per heavy atom. The van der Waals surface area contributed by atoms with Crippen molar-refractivity contribution in [3.63, 3.8) is 0 Å². The van der Waals surface area contributed by atoms with E-state index >= 15 is 0 Å². The molecule has 2 aromatic rings. The number of piperazine rings is 1. The largest absolute Gasteiger partial charge is 0.325 e. The van der Waals surface area contributed by atoms with Gasteiger partial charge >= 0.3 is 0 Å². The standard InChI is InChI=1S/C20H23N5O2/c1-16(26)25-13-19(27)24(18-6-4-8-21-11-18)15-20(25)7-10-23(14-20)12-17-5-2-3-9-22-17/h2-6,8-9,11H,7,10,12-15H2,1H3. The Hall–Kier alpha value is -2.80. The van der Waals surface area contributed by atoms with Gasteiger partial charge in [0.05, 0.1) is 29.7 Å². The van der Waals surface area contributed by atoms with Crippen LogP contribution in [0.2, 0.25) is 0 Å². The van der Waals surface area contributed by atoms with Crippen molar-refractivity contribution in [1.82, 2.24) is 19.8 Å². The second-order valence-electron chi connectivity index (χ2n) is 7.30. The van der Waals surface area contributed by atoms with Gasteiger partial charge in [-0.25, -0.2) is 0 Å². The average Bonchev–Trinajstić information content (AvgIpc) is 3.07. The lowest BCUT2D eigenvalue weighted by Crippen LogP contribution is -2.66. The highest BCUT2D eigenvalue weighted by atomic mass is 16.2. The second-order valence-corrected chi connectivity index (χ2v) is 7.30. The summed E-state index contributed by atoms with van der Waals surface area (Å²) in [7, 11) is 0. The Kier molecular flexibility index (Phi) is 4.61. The zero-order chi connectivity index (χ0) is 18.9. The summed E-state index contributed by atoms with van der Waals surface area (Å²) < 4.78 is 0. The van der Waals surface area contributed by atoms with E-state index in [0.717, 1.165) is 37.4 Å². The zero-order valence-electron chi connectivity index (χ0n) is 15.4. The van der Waals surface area contributed by atoms with Crippen molar-refractivity contribution in [3.05, 3.63) is 54.6 Å². The van der Waals surface area contributed by atoms with E-state index in [-0.39, 0.29) is 23.9 Å². The molecule has 4 rings (SSSR count). The molecule has 0 bridgehead atoms. The molecule has 2 saturated heterocycles. The Morgan fingerprint density at radius 3 is 2.78 bits per heavy atom. The Morgan fingerprint density at radius 1 is 1.19 bits per heavy atom. The van der Waals surface area contributed by atoms with Crippen LogP contribution in [0.4, 0.5) is 5.69 Å². The first kappa shape index (κ1) is 17.6. The second kappa shape index (κ2) is 7.08. The molecule has 4 heterocycles. The maximum Gasteiger partial charge on any atom is 0.246 e. The molecule has 1 spiro atoms. The van der Waals surface area contributed by atoms with E-state index in [9.17, 15) is 9.59 Å². The molecule has 7 nitrogen and oxygen atoms in total. The molecule has 2 aliphatic rings. The quantitative estimate of drug-likeness (QED) is 0.820. The highest BCUT2D eigenvalue weighted by molar-refractivity contribution is 5.98. The Labute approximate surface area is 158 Å². The van der Waals surface area contributed by atoms with E-state index in [1.165, 1.54) is 0 Å². The van der Waals surface area contributed by atoms with Crippen molar-refractivity contribution in [3.8, 4) is 0 Å². The van der Waals surface area contributed by atoms with Crippen LogP contribution in [0.15, 0.2) is 48.9 Å². The van der Waals surface area contributed by atoms with E-state index in [1.54, 1.807) is 35.3 Å². The van der Waals surface area contributed by atoms with Gasteiger partial charge in [-0.15, -0.1) is 0 Å². The first-order chi connectivity index (χ1) is 13.1. The van der Waals surface area contributed by atoms with E-state index < -0.39 is 0 Å². The van der Waals surface area contributed by atoms with Crippen molar-refractivity contribution in [1.29, 1.82) is 0 Å². The van der Waals surface area contributed by atoms with E-state index in [4.69, 9.17) is 0 Å². The van der Waals surface area contributed by atoms with Crippen LogP contribution in [0, 0.1) is 0 Å². The summed E-state index contributed by atoms with van der Waals surface area (Å²) in [4.78, 5) is 39.4. The average molecular weight is 365 g/mol. The third-order valence-corrected chi connectivity index (χ3v) is 5.48.